The molecule has 0 fully saturated rings. The Kier molecular flexibility index (Phi) is 5.54. The number of alkyl halides is 3. The lowest BCUT2D eigenvalue weighted by atomic mass is 10.2. The fourth-order valence-electron chi connectivity index (χ4n) is 2.22. The lowest BCUT2D eigenvalue weighted by Gasteiger charge is -2.26. The molecule has 0 bridgehead atoms. The zero-order valence-corrected chi connectivity index (χ0v) is 13.3. The van der Waals surface area contributed by atoms with E-state index in [0.717, 1.165) is 5.56 Å². The zero-order chi connectivity index (χ0) is 17.7. The van der Waals surface area contributed by atoms with E-state index in [1.807, 2.05) is 13.0 Å². The Labute approximate surface area is 137 Å². The standard InChI is InChI=1S/C17H18F3NO3/c1-12-5-3-6-14(9-12)24-13(2)16(22)21(11-17(18,19)20)10-15-7-4-8-23-15/h3-9,13H,10-11H2,1-2H3. The lowest BCUT2D eigenvalue weighted by molar-refractivity contribution is -0.166. The molecular formula is C17H18F3NO3. The maximum atomic E-state index is 12.8. The van der Waals surface area contributed by atoms with Crippen LogP contribution in [0.2, 0.25) is 0 Å². The number of halogens is 3. The highest BCUT2D eigenvalue weighted by molar-refractivity contribution is 5.81. The molecule has 7 heteroatoms. The predicted molar refractivity (Wildman–Crippen MR) is 81.4 cm³/mol. The van der Waals surface area contributed by atoms with Gasteiger partial charge in [0.25, 0.3) is 5.91 Å². The minimum absolute atomic E-state index is 0.271. The van der Waals surface area contributed by atoms with E-state index in [0.29, 0.717) is 10.6 Å². The van der Waals surface area contributed by atoms with Crippen LogP contribution in [0.25, 0.3) is 0 Å². The monoisotopic (exact) mass is 341 g/mol. The number of hydrogen-bond acceptors (Lipinski definition) is 3. The van der Waals surface area contributed by atoms with E-state index >= 15 is 0 Å². The topological polar surface area (TPSA) is 42.7 Å². The first-order valence-electron chi connectivity index (χ1n) is 7.36. The molecule has 130 valence electrons. The van der Waals surface area contributed by atoms with Gasteiger partial charge in [0, 0.05) is 0 Å². The van der Waals surface area contributed by atoms with Crippen LogP contribution in [0.3, 0.4) is 0 Å². The Bertz CT molecular complexity index is 668. The third-order valence-electron chi connectivity index (χ3n) is 3.26. The second-order valence-electron chi connectivity index (χ2n) is 5.47. The van der Waals surface area contributed by atoms with Crippen molar-refractivity contribution in [1.82, 2.24) is 4.90 Å². The number of benzene rings is 1. The van der Waals surface area contributed by atoms with Gasteiger partial charge in [-0.2, -0.15) is 13.2 Å². The second kappa shape index (κ2) is 7.42. The van der Waals surface area contributed by atoms with Crippen molar-refractivity contribution < 1.29 is 27.1 Å². The summed E-state index contributed by atoms with van der Waals surface area (Å²) in [5, 5.41) is 0. The van der Waals surface area contributed by atoms with Gasteiger partial charge in [0.1, 0.15) is 18.1 Å². The van der Waals surface area contributed by atoms with E-state index in [1.54, 1.807) is 24.3 Å². The average molecular weight is 341 g/mol. The molecule has 4 nitrogen and oxygen atoms in total. The summed E-state index contributed by atoms with van der Waals surface area (Å²) >= 11 is 0. The van der Waals surface area contributed by atoms with Gasteiger partial charge in [-0.1, -0.05) is 12.1 Å². The van der Waals surface area contributed by atoms with Crippen LogP contribution in [0.5, 0.6) is 5.75 Å². The Morgan fingerprint density at radius 2 is 2.04 bits per heavy atom. The number of carbonyl (C=O) groups excluding carboxylic acids is 1. The molecule has 0 aliphatic rings. The van der Waals surface area contributed by atoms with E-state index in [-0.39, 0.29) is 12.3 Å². The fraction of sp³-hybridized carbons (Fsp3) is 0.353. The Hall–Kier alpha value is -2.44. The highest BCUT2D eigenvalue weighted by atomic mass is 19.4. The van der Waals surface area contributed by atoms with Crippen molar-refractivity contribution in [2.75, 3.05) is 6.54 Å². The van der Waals surface area contributed by atoms with Gasteiger partial charge in [0.15, 0.2) is 6.10 Å². The molecule has 0 spiro atoms. The Morgan fingerprint density at radius 1 is 1.29 bits per heavy atom. The number of furan rings is 1. The molecule has 0 saturated heterocycles. The maximum Gasteiger partial charge on any atom is 0.406 e. The van der Waals surface area contributed by atoms with Crippen molar-refractivity contribution in [3.05, 3.63) is 54.0 Å². The highest BCUT2D eigenvalue weighted by Gasteiger charge is 2.35. The number of ether oxygens (including phenoxy) is 1. The van der Waals surface area contributed by atoms with Gasteiger partial charge in [-0.3, -0.25) is 4.79 Å². The van der Waals surface area contributed by atoms with Crippen LogP contribution in [0, 0.1) is 6.92 Å². The Balaban J connectivity index is 2.10. The summed E-state index contributed by atoms with van der Waals surface area (Å²) in [7, 11) is 0. The van der Waals surface area contributed by atoms with E-state index in [1.165, 1.54) is 19.3 Å². The quantitative estimate of drug-likeness (QED) is 0.799. The number of hydrogen-bond donors (Lipinski definition) is 0. The molecule has 1 unspecified atom stereocenters. The van der Waals surface area contributed by atoms with Crippen molar-refractivity contribution in [3.8, 4) is 5.75 Å². The third-order valence-corrected chi connectivity index (χ3v) is 3.26. The van der Waals surface area contributed by atoms with Crippen molar-refractivity contribution >= 4 is 5.91 Å². The van der Waals surface area contributed by atoms with E-state index in [9.17, 15) is 18.0 Å². The molecule has 1 aromatic carbocycles. The molecule has 24 heavy (non-hydrogen) atoms. The molecule has 1 atom stereocenters. The minimum atomic E-state index is -4.51. The van der Waals surface area contributed by atoms with Crippen molar-refractivity contribution in [1.29, 1.82) is 0 Å². The normalized spacial score (nSPS) is 12.7. The number of amides is 1. The van der Waals surface area contributed by atoms with Crippen molar-refractivity contribution in [2.24, 2.45) is 0 Å². The van der Waals surface area contributed by atoms with Crippen LogP contribution < -0.4 is 4.74 Å². The molecule has 0 radical (unpaired) electrons. The molecule has 0 aliphatic carbocycles. The smallest absolute Gasteiger partial charge is 0.406 e. The SMILES string of the molecule is Cc1cccc(OC(C)C(=O)N(Cc2ccco2)CC(F)(F)F)c1. The maximum absolute atomic E-state index is 12.8. The molecule has 0 saturated carbocycles. The van der Waals surface area contributed by atoms with Crippen LogP contribution in [-0.4, -0.2) is 29.6 Å². The van der Waals surface area contributed by atoms with E-state index in [4.69, 9.17) is 9.15 Å². The largest absolute Gasteiger partial charge is 0.481 e. The summed E-state index contributed by atoms with van der Waals surface area (Å²) in [4.78, 5) is 13.1. The van der Waals surface area contributed by atoms with Crippen molar-refractivity contribution in [2.45, 2.75) is 32.7 Å². The third kappa shape index (κ3) is 5.33. The molecule has 1 heterocycles. The van der Waals surface area contributed by atoms with Gasteiger partial charge in [-0.05, 0) is 43.7 Å². The molecular weight excluding hydrogens is 323 g/mol. The van der Waals surface area contributed by atoms with Crippen LogP contribution in [-0.2, 0) is 11.3 Å². The lowest BCUT2D eigenvalue weighted by Crippen LogP contribution is -2.44. The van der Waals surface area contributed by atoms with E-state index in [2.05, 4.69) is 0 Å². The van der Waals surface area contributed by atoms with Crippen LogP contribution in [0.1, 0.15) is 18.2 Å². The molecule has 2 aromatic rings. The van der Waals surface area contributed by atoms with Crippen LogP contribution in [0.15, 0.2) is 47.1 Å². The van der Waals surface area contributed by atoms with Crippen molar-refractivity contribution in [3.63, 3.8) is 0 Å². The summed E-state index contributed by atoms with van der Waals surface area (Å²) < 4.78 is 48.8. The van der Waals surface area contributed by atoms with E-state index < -0.39 is 24.7 Å². The zero-order valence-electron chi connectivity index (χ0n) is 13.3. The second-order valence-corrected chi connectivity index (χ2v) is 5.47. The summed E-state index contributed by atoms with van der Waals surface area (Å²) in [5.74, 6) is -0.0543. The van der Waals surface area contributed by atoms with Gasteiger partial charge in [-0.15, -0.1) is 0 Å². The van der Waals surface area contributed by atoms with Gasteiger partial charge in [0.2, 0.25) is 0 Å². The highest BCUT2D eigenvalue weighted by Crippen LogP contribution is 2.21. The molecule has 2 rings (SSSR count). The first-order valence-corrected chi connectivity index (χ1v) is 7.36. The summed E-state index contributed by atoms with van der Waals surface area (Å²) in [5.41, 5.74) is 0.926. The first-order chi connectivity index (χ1) is 11.2. The van der Waals surface area contributed by atoms with Gasteiger partial charge >= 0.3 is 6.18 Å². The molecule has 0 N–H and O–H groups in total. The summed E-state index contributed by atoms with van der Waals surface area (Å²) in [6.07, 6.45) is -4.21. The summed E-state index contributed by atoms with van der Waals surface area (Å²) in [6, 6.07) is 10.0. The number of nitrogens with zero attached hydrogens (tertiary/aromatic N) is 1. The van der Waals surface area contributed by atoms with Crippen LogP contribution in [0.4, 0.5) is 13.2 Å². The summed E-state index contributed by atoms with van der Waals surface area (Å²) in [6.45, 7) is 1.64. The molecule has 1 aromatic heterocycles. The fourth-order valence-corrected chi connectivity index (χ4v) is 2.22. The number of carbonyl (C=O) groups is 1. The van der Waals surface area contributed by atoms with Crippen LogP contribution >= 0.6 is 0 Å². The predicted octanol–water partition coefficient (Wildman–Crippen LogP) is 3.95. The van der Waals surface area contributed by atoms with Gasteiger partial charge in [-0.25, -0.2) is 0 Å². The molecule has 1 amide bonds. The van der Waals surface area contributed by atoms with Gasteiger partial charge in [0.05, 0.1) is 12.8 Å². The molecule has 0 aliphatic heterocycles. The number of rotatable bonds is 6. The average Bonchev–Trinajstić information content (AvgIpc) is 2.97. The number of aryl methyl sites for hydroxylation is 1. The Morgan fingerprint density at radius 3 is 2.62 bits per heavy atom. The van der Waals surface area contributed by atoms with Gasteiger partial charge < -0.3 is 14.1 Å². The minimum Gasteiger partial charge on any atom is -0.481 e. The first kappa shape index (κ1) is 17.9.